The van der Waals surface area contributed by atoms with Crippen LogP contribution in [-0.2, 0) is 6.42 Å². The van der Waals surface area contributed by atoms with Gasteiger partial charge in [-0.05, 0) is 71.1 Å². The van der Waals surface area contributed by atoms with Gasteiger partial charge < -0.3 is 0 Å². The quantitative estimate of drug-likeness (QED) is 0.305. The van der Waals surface area contributed by atoms with Crippen molar-refractivity contribution in [3.05, 3.63) is 105 Å². The van der Waals surface area contributed by atoms with Crippen LogP contribution in [0.2, 0.25) is 0 Å². The van der Waals surface area contributed by atoms with Crippen molar-refractivity contribution in [2.24, 2.45) is 0 Å². The van der Waals surface area contributed by atoms with Gasteiger partial charge in [0.25, 0.3) is 0 Å². The van der Waals surface area contributed by atoms with E-state index in [1.54, 1.807) is 0 Å². The minimum atomic E-state index is -0.206. The molecular weight excluding hydrogens is 419 g/mol. The fourth-order valence-electron chi connectivity index (χ4n) is 3.12. The average Bonchev–Trinajstić information content (AvgIpc) is 3.14. The van der Waals surface area contributed by atoms with Gasteiger partial charge in [0.05, 0.1) is 0 Å². The van der Waals surface area contributed by atoms with Crippen LogP contribution in [0.15, 0.2) is 83.3 Å². The van der Waals surface area contributed by atoms with Crippen molar-refractivity contribution >= 4 is 27.3 Å². The first-order chi connectivity index (χ1) is 13.1. The molecule has 4 aromatic rings. The molecule has 1 aromatic heterocycles. The number of hydrogen-bond donors (Lipinski definition) is 0. The lowest BCUT2D eigenvalue weighted by Crippen LogP contribution is -1.89. The molecule has 0 radical (unpaired) electrons. The second kappa shape index (κ2) is 7.79. The van der Waals surface area contributed by atoms with E-state index in [1.165, 1.54) is 38.6 Å². The van der Waals surface area contributed by atoms with E-state index in [0.717, 1.165) is 22.0 Å². The molecule has 4 rings (SSSR count). The highest BCUT2D eigenvalue weighted by Gasteiger charge is 2.07. The van der Waals surface area contributed by atoms with Crippen LogP contribution in [0.4, 0.5) is 4.39 Å². The molecule has 1 heterocycles. The van der Waals surface area contributed by atoms with E-state index < -0.39 is 0 Å². The SMILES string of the molecule is Cc1ccc(Br)cc1Cc1ccc(-c2ccc(-c3ccc(F)cc3)cc2)s1. The summed E-state index contributed by atoms with van der Waals surface area (Å²) in [6, 6.07) is 25.9. The van der Waals surface area contributed by atoms with Crippen LogP contribution in [0.3, 0.4) is 0 Å². The maximum Gasteiger partial charge on any atom is 0.123 e. The molecule has 0 N–H and O–H groups in total. The minimum absolute atomic E-state index is 0.206. The van der Waals surface area contributed by atoms with E-state index >= 15 is 0 Å². The van der Waals surface area contributed by atoms with Gasteiger partial charge in [0.1, 0.15) is 5.82 Å². The molecule has 0 amide bonds. The highest BCUT2D eigenvalue weighted by Crippen LogP contribution is 2.32. The van der Waals surface area contributed by atoms with E-state index in [4.69, 9.17) is 0 Å². The maximum atomic E-state index is 13.1. The first-order valence-electron chi connectivity index (χ1n) is 8.78. The van der Waals surface area contributed by atoms with Gasteiger partial charge in [-0.2, -0.15) is 0 Å². The van der Waals surface area contributed by atoms with Gasteiger partial charge in [-0.25, -0.2) is 4.39 Å². The summed E-state index contributed by atoms with van der Waals surface area (Å²) in [5.41, 5.74) is 6.00. The highest BCUT2D eigenvalue weighted by atomic mass is 79.9. The summed E-state index contributed by atoms with van der Waals surface area (Å²) in [7, 11) is 0. The summed E-state index contributed by atoms with van der Waals surface area (Å²) >= 11 is 5.40. The molecule has 27 heavy (non-hydrogen) atoms. The normalized spacial score (nSPS) is 10.9. The van der Waals surface area contributed by atoms with Crippen molar-refractivity contribution in [2.75, 3.05) is 0 Å². The molecule has 0 spiro atoms. The molecular formula is C24H18BrFS. The molecule has 0 aliphatic rings. The Balaban J connectivity index is 1.54. The van der Waals surface area contributed by atoms with E-state index in [0.29, 0.717) is 0 Å². The summed E-state index contributed by atoms with van der Waals surface area (Å²) in [6.45, 7) is 2.16. The zero-order valence-electron chi connectivity index (χ0n) is 14.9. The third-order valence-corrected chi connectivity index (χ3v) is 6.31. The Morgan fingerprint density at radius 3 is 2.11 bits per heavy atom. The number of aryl methyl sites for hydroxylation is 1. The molecule has 134 valence electrons. The van der Waals surface area contributed by atoms with Crippen molar-refractivity contribution in [1.29, 1.82) is 0 Å². The second-order valence-electron chi connectivity index (χ2n) is 6.60. The molecule has 0 atom stereocenters. The Hall–Kier alpha value is -2.23. The van der Waals surface area contributed by atoms with E-state index in [9.17, 15) is 4.39 Å². The van der Waals surface area contributed by atoms with Gasteiger partial charge in [-0.1, -0.05) is 58.4 Å². The summed E-state index contributed by atoms with van der Waals surface area (Å²) in [5.74, 6) is -0.206. The van der Waals surface area contributed by atoms with Gasteiger partial charge in [0.2, 0.25) is 0 Å². The first kappa shape index (κ1) is 18.1. The third-order valence-electron chi connectivity index (χ3n) is 4.68. The highest BCUT2D eigenvalue weighted by molar-refractivity contribution is 9.10. The molecule has 0 aliphatic heterocycles. The van der Waals surface area contributed by atoms with Gasteiger partial charge in [-0.3, -0.25) is 0 Å². The summed E-state index contributed by atoms with van der Waals surface area (Å²) < 4.78 is 14.2. The number of benzene rings is 3. The summed E-state index contributed by atoms with van der Waals surface area (Å²) in [6.07, 6.45) is 0.948. The fourth-order valence-corrected chi connectivity index (χ4v) is 4.56. The second-order valence-corrected chi connectivity index (χ2v) is 8.68. The van der Waals surface area contributed by atoms with Crippen LogP contribution in [0.25, 0.3) is 21.6 Å². The zero-order chi connectivity index (χ0) is 18.8. The smallest absolute Gasteiger partial charge is 0.123 e. The minimum Gasteiger partial charge on any atom is -0.207 e. The Morgan fingerprint density at radius 2 is 1.41 bits per heavy atom. The van der Waals surface area contributed by atoms with Crippen molar-refractivity contribution < 1.29 is 4.39 Å². The van der Waals surface area contributed by atoms with Crippen LogP contribution in [0.1, 0.15) is 16.0 Å². The van der Waals surface area contributed by atoms with E-state index in [1.807, 2.05) is 23.5 Å². The molecule has 0 nitrogen and oxygen atoms in total. The van der Waals surface area contributed by atoms with Gasteiger partial charge in [-0.15, -0.1) is 11.3 Å². The van der Waals surface area contributed by atoms with Crippen molar-refractivity contribution in [3.8, 4) is 21.6 Å². The predicted molar refractivity (Wildman–Crippen MR) is 117 cm³/mol. The van der Waals surface area contributed by atoms with Crippen molar-refractivity contribution in [1.82, 2.24) is 0 Å². The van der Waals surface area contributed by atoms with Crippen molar-refractivity contribution in [2.45, 2.75) is 13.3 Å². The Morgan fingerprint density at radius 1 is 0.778 bits per heavy atom. The molecule has 3 heteroatoms. The molecule has 0 fully saturated rings. The maximum absolute atomic E-state index is 13.1. The third kappa shape index (κ3) is 4.20. The molecule has 0 saturated carbocycles. The molecule has 0 bridgehead atoms. The predicted octanol–water partition coefficient (Wildman–Crippen LogP) is 7.88. The zero-order valence-corrected chi connectivity index (χ0v) is 17.3. The van der Waals surface area contributed by atoms with Crippen LogP contribution in [0.5, 0.6) is 0 Å². The van der Waals surface area contributed by atoms with Gasteiger partial charge in [0.15, 0.2) is 0 Å². The van der Waals surface area contributed by atoms with Crippen LogP contribution >= 0.6 is 27.3 Å². The molecule has 0 saturated heterocycles. The van der Waals surface area contributed by atoms with Crippen LogP contribution in [0, 0.1) is 12.7 Å². The van der Waals surface area contributed by atoms with Crippen LogP contribution < -0.4 is 0 Å². The van der Waals surface area contributed by atoms with Crippen LogP contribution in [-0.4, -0.2) is 0 Å². The standard InChI is InChI=1S/C24H18BrFS/c1-16-2-9-21(25)14-20(16)15-23-12-13-24(27-23)19-5-3-17(4-6-19)18-7-10-22(26)11-8-18/h2-14H,15H2,1H3. The Kier molecular flexibility index (Phi) is 5.24. The summed E-state index contributed by atoms with van der Waals surface area (Å²) in [4.78, 5) is 2.62. The Labute approximate surface area is 171 Å². The van der Waals surface area contributed by atoms with Gasteiger partial charge in [0, 0.05) is 20.6 Å². The monoisotopic (exact) mass is 436 g/mol. The lowest BCUT2D eigenvalue weighted by atomic mass is 10.0. The number of hydrogen-bond acceptors (Lipinski definition) is 1. The number of thiophene rings is 1. The average molecular weight is 437 g/mol. The van der Waals surface area contributed by atoms with E-state index in [2.05, 4.69) is 77.5 Å². The van der Waals surface area contributed by atoms with Gasteiger partial charge >= 0.3 is 0 Å². The first-order valence-corrected chi connectivity index (χ1v) is 10.4. The molecule has 3 aromatic carbocycles. The number of halogens is 2. The van der Waals surface area contributed by atoms with Crippen molar-refractivity contribution in [3.63, 3.8) is 0 Å². The Bertz CT molecular complexity index is 1060. The summed E-state index contributed by atoms with van der Waals surface area (Å²) in [5, 5.41) is 0. The lowest BCUT2D eigenvalue weighted by molar-refractivity contribution is 0.628. The largest absolute Gasteiger partial charge is 0.207 e. The molecule has 0 aliphatic carbocycles. The van der Waals surface area contributed by atoms with E-state index in [-0.39, 0.29) is 5.82 Å². The topological polar surface area (TPSA) is 0 Å². The lowest BCUT2D eigenvalue weighted by Gasteiger charge is -2.05. The fraction of sp³-hybridized carbons (Fsp3) is 0.0833. The molecule has 0 unspecified atom stereocenters. The number of rotatable bonds is 4.